The Morgan fingerprint density at radius 1 is 0.878 bits per heavy atom. The molecule has 222 valence electrons. The number of halogens is 2. The van der Waals surface area contributed by atoms with E-state index in [4.69, 9.17) is 4.74 Å². The van der Waals surface area contributed by atoms with Gasteiger partial charge in [0.05, 0.1) is 12.5 Å². The lowest BCUT2D eigenvalue weighted by Crippen LogP contribution is -2.46. The first kappa shape index (κ1) is 28.6. The Bertz CT molecular complexity index is 1170. The van der Waals surface area contributed by atoms with E-state index in [9.17, 15) is 13.6 Å². The summed E-state index contributed by atoms with van der Waals surface area (Å²) in [5.74, 6) is -0.345. The molecule has 1 spiro atoms. The summed E-state index contributed by atoms with van der Waals surface area (Å²) in [6.45, 7) is 7.12. The Hall–Kier alpha value is -2.51. The van der Waals surface area contributed by atoms with E-state index in [1.54, 1.807) is 7.11 Å². The normalized spacial score (nSPS) is 28.4. The number of nitrogens with zero attached hydrogens (tertiary/aromatic N) is 3. The average molecular weight is 566 g/mol. The maximum atomic E-state index is 14.1. The summed E-state index contributed by atoms with van der Waals surface area (Å²) in [5, 5.41) is 0. The molecule has 3 atom stereocenters. The maximum Gasteiger partial charge on any atom is 0.248 e. The highest BCUT2D eigenvalue weighted by atomic mass is 19.3. The van der Waals surface area contributed by atoms with Crippen molar-refractivity contribution in [3.63, 3.8) is 0 Å². The molecule has 2 aromatic rings. The third-order valence-electron chi connectivity index (χ3n) is 10.4. The van der Waals surface area contributed by atoms with Crippen molar-refractivity contribution in [2.45, 2.75) is 63.3 Å². The first-order chi connectivity index (χ1) is 19.8. The van der Waals surface area contributed by atoms with Crippen LogP contribution in [0.3, 0.4) is 0 Å². The van der Waals surface area contributed by atoms with Crippen molar-refractivity contribution < 1.29 is 18.3 Å². The van der Waals surface area contributed by atoms with Gasteiger partial charge in [-0.15, -0.1) is 0 Å². The van der Waals surface area contributed by atoms with Crippen molar-refractivity contribution in [1.29, 1.82) is 0 Å². The lowest BCUT2D eigenvalue weighted by molar-refractivity contribution is -0.139. The summed E-state index contributed by atoms with van der Waals surface area (Å²) in [7, 11) is 1.67. The van der Waals surface area contributed by atoms with Crippen molar-refractivity contribution in [2.24, 2.45) is 17.3 Å². The lowest BCUT2D eigenvalue weighted by atomic mass is 9.76. The van der Waals surface area contributed by atoms with E-state index in [1.165, 1.54) is 5.56 Å². The fourth-order valence-corrected chi connectivity index (χ4v) is 8.12. The van der Waals surface area contributed by atoms with Gasteiger partial charge in [-0.2, -0.15) is 0 Å². The Labute approximate surface area is 243 Å². The van der Waals surface area contributed by atoms with Gasteiger partial charge in [0.2, 0.25) is 11.8 Å². The van der Waals surface area contributed by atoms with Crippen LogP contribution >= 0.6 is 0 Å². The van der Waals surface area contributed by atoms with Gasteiger partial charge in [0, 0.05) is 58.0 Å². The lowest BCUT2D eigenvalue weighted by Gasteiger charge is -2.39. The van der Waals surface area contributed by atoms with Gasteiger partial charge >= 0.3 is 0 Å². The zero-order valence-corrected chi connectivity index (χ0v) is 24.4. The Morgan fingerprint density at radius 2 is 1.61 bits per heavy atom. The number of likely N-dealkylation sites (tertiary alicyclic amines) is 3. The standard InChI is InChI=1S/C34H45F2N3O2/c1-41-30-11-9-26(10-12-30)22-39-19-16-33(32(39)40)14-17-37(18-15-33)23-29-24-38(21-27-6-5-13-34(35,36)20-27)25-31(29)28-7-3-2-4-8-28/h2-4,7-12,27,29,31H,5-6,13-25H2,1H3/t27?,29-,31+/m0/s1. The van der Waals surface area contributed by atoms with E-state index in [2.05, 4.69) is 40.1 Å². The fourth-order valence-electron chi connectivity index (χ4n) is 8.12. The van der Waals surface area contributed by atoms with Crippen LogP contribution in [0.25, 0.3) is 0 Å². The average Bonchev–Trinajstić information content (AvgIpc) is 3.50. The Balaban J connectivity index is 1.06. The molecule has 0 radical (unpaired) electrons. The number of carbonyl (C=O) groups is 1. The number of amides is 1. The number of hydrogen-bond acceptors (Lipinski definition) is 4. The van der Waals surface area contributed by atoms with Crippen molar-refractivity contribution in [1.82, 2.24) is 14.7 Å². The van der Waals surface area contributed by atoms with E-state index >= 15 is 0 Å². The highest BCUT2D eigenvalue weighted by Crippen LogP contribution is 2.44. The maximum absolute atomic E-state index is 14.1. The number of hydrogen-bond donors (Lipinski definition) is 0. The second kappa shape index (κ2) is 12.0. The molecule has 2 aromatic carbocycles. The molecule has 1 saturated carbocycles. The van der Waals surface area contributed by atoms with Gasteiger partial charge in [-0.25, -0.2) is 8.78 Å². The molecule has 4 aliphatic rings. The number of methoxy groups -OCH3 is 1. The number of alkyl halides is 2. The van der Waals surface area contributed by atoms with Crippen LogP contribution in [0.4, 0.5) is 8.78 Å². The van der Waals surface area contributed by atoms with Crippen LogP contribution < -0.4 is 4.74 Å². The van der Waals surface area contributed by atoms with Gasteiger partial charge in [-0.1, -0.05) is 42.5 Å². The van der Waals surface area contributed by atoms with Gasteiger partial charge in [0.1, 0.15) is 5.75 Å². The molecule has 6 rings (SSSR count). The molecule has 5 nitrogen and oxygen atoms in total. The molecule has 0 N–H and O–H groups in total. The molecular formula is C34H45F2N3O2. The van der Waals surface area contributed by atoms with E-state index < -0.39 is 5.92 Å². The van der Waals surface area contributed by atoms with Gasteiger partial charge < -0.3 is 19.4 Å². The zero-order valence-electron chi connectivity index (χ0n) is 24.4. The summed E-state index contributed by atoms with van der Waals surface area (Å²) in [5.41, 5.74) is 2.29. The molecule has 4 fully saturated rings. The first-order valence-electron chi connectivity index (χ1n) is 15.6. The van der Waals surface area contributed by atoms with E-state index in [1.807, 2.05) is 29.2 Å². The van der Waals surface area contributed by atoms with Gasteiger partial charge in [0.25, 0.3) is 0 Å². The van der Waals surface area contributed by atoms with E-state index in [0.717, 1.165) is 82.8 Å². The molecule has 3 aliphatic heterocycles. The van der Waals surface area contributed by atoms with Crippen molar-refractivity contribution >= 4 is 5.91 Å². The van der Waals surface area contributed by atoms with Crippen LogP contribution in [0.1, 0.15) is 62.0 Å². The molecular weight excluding hydrogens is 520 g/mol. The minimum atomic E-state index is -2.49. The number of carbonyl (C=O) groups excluding carboxylic acids is 1. The first-order valence-corrected chi connectivity index (χ1v) is 15.6. The van der Waals surface area contributed by atoms with Crippen LogP contribution in [0.15, 0.2) is 54.6 Å². The molecule has 7 heteroatoms. The third-order valence-corrected chi connectivity index (χ3v) is 10.4. The van der Waals surface area contributed by atoms with Gasteiger partial charge in [-0.3, -0.25) is 4.79 Å². The summed E-state index contributed by atoms with van der Waals surface area (Å²) in [6, 6.07) is 18.8. The SMILES string of the molecule is COc1ccc(CN2CCC3(CCN(C[C@H]4CN(CC5CCCC(F)(F)C5)C[C@@H]4c4ccccc4)CC3)C2=O)cc1. The van der Waals surface area contributed by atoms with Crippen molar-refractivity contribution in [3.8, 4) is 5.75 Å². The van der Waals surface area contributed by atoms with Gasteiger partial charge in [0.15, 0.2) is 0 Å². The van der Waals surface area contributed by atoms with Crippen LogP contribution in [0.2, 0.25) is 0 Å². The van der Waals surface area contributed by atoms with Crippen LogP contribution in [0, 0.1) is 17.3 Å². The number of ether oxygens (including phenoxy) is 1. The largest absolute Gasteiger partial charge is 0.497 e. The second-order valence-electron chi connectivity index (χ2n) is 13.2. The number of piperidine rings is 1. The van der Waals surface area contributed by atoms with Crippen molar-refractivity contribution in [3.05, 3.63) is 65.7 Å². The molecule has 1 amide bonds. The smallest absolute Gasteiger partial charge is 0.248 e. The monoisotopic (exact) mass is 565 g/mol. The summed E-state index contributed by atoms with van der Waals surface area (Å²) < 4.78 is 33.5. The molecule has 0 aromatic heterocycles. The number of rotatable bonds is 8. The minimum absolute atomic E-state index is 0.0435. The Morgan fingerprint density at radius 3 is 2.32 bits per heavy atom. The topological polar surface area (TPSA) is 36.0 Å². The highest BCUT2D eigenvalue weighted by molar-refractivity contribution is 5.85. The van der Waals surface area contributed by atoms with Crippen LogP contribution in [-0.4, -0.2) is 79.5 Å². The second-order valence-corrected chi connectivity index (χ2v) is 13.2. The molecule has 3 heterocycles. The molecule has 3 saturated heterocycles. The summed E-state index contributed by atoms with van der Waals surface area (Å²) in [4.78, 5) is 20.7. The van der Waals surface area contributed by atoms with Gasteiger partial charge in [-0.05, 0) is 80.3 Å². The number of benzene rings is 2. The summed E-state index contributed by atoms with van der Waals surface area (Å²) >= 11 is 0. The molecule has 41 heavy (non-hydrogen) atoms. The van der Waals surface area contributed by atoms with Crippen LogP contribution in [0.5, 0.6) is 5.75 Å². The highest BCUT2D eigenvalue weighted by Gasteiger charge is 2.48. The fraction of sp³-hybridized carbons (Fsp3) is 0.618. The van der Waals surface area contributed by atoms with Crippen molar-refractivity contribution in [2.75, 3.05) is 52.9 Å². The predicted molar refractivity (Wildman–Crippen MR) is 157 cm³/mol. The molecule has 1 aliphatic carbocycles. The minimum Gasteiger partial charge on any atom is -0.497 e. The predicted octanol–water partition coefficient (Wildman–Crippen LogP) is 6.05. The Kier molecular flexibility index (Phi) is 8.37. The van der Waals surface area contributed by atoms with Crippen LogP contribution in [-0.2, 0) is 11.3 Å². The molecule has 1 unspecified atom stereocenters. The molecule has 0 bridgehead atoms. The van der Waals surface area contributed by atoms with E-state index in [0.29, 0.717) is 30.7 Å². The quantitative estimate of drug-likeness (QED) is 0.391. The third kappa shape index (κ3) is 6.46. The summed E-state index contributed by atoms with van der Waals surface area (Å²) in [6.07, 6.45) is 4.46. The zero-order chi connectivity index (χ0) is 28.5. The van der Waals surface area contributed by atoms with E-state index in [-0.39, 0.29) is 24.2 Å².